The van der Waals surface area contributed by atoms with Crippen LogP contribution in [0.25, 0.3) is 0 Å². The minimum Gasteiger partial charge on any atom is -0.375 e. The molecule has 0 bridgehead atoms. The van der Waals surface area contributed by atoms with Crippen LogP contribution >= 0.6 is 11.6 Å². The van der Waals surface area contributed by atoms with Crippen molar-refractivity contribution >= 4 is 23.2 Å². The Morgan fingerprint density at radius 2 is 1.80 bits per heavy atom. The molecule has 3 nitrogen and oxygen atoms in total. The third-order valence-electron chi connectivity index (χ3n) is 2.72. The Balaban J connectivity index is 1.78. The Morgan fingerprint density at radius 3 is 2.50 bits per heavy atom. The number of carbonyl (C=O) groups is 1. The molecule has 0 unspecified atom stereocenters. The lowest BCUT2D eigenvalue weighted by Gasteiger charge is -2.09. The van der Waals surface area contributed by atoms with Gasteiger partial charge >= 0.3 is 0 Å². The first kappa shape index (κ1) is 14.3. The number of hydrogen-bond acceptors (Lipinski definition) is 2. The zero-order valence-corrected chi connectivity index (χ0v) is 11.5. The molecule has 2 aromatic carbocycles. The topological polar surface area (TPSA) is 41.1 Å². The van der Waals surface area contributed by atoms with Crippen molar-refractivity contribution in [1.82, 2.24) is 5.32 Å². The predicted molar refractivity (Wildman–Crippen MR) is 78.2 cm³/mol. The Kier molecular flexibility index (Phi) is 4.96. The highest BCUT2D eigenvalue weighted by Gasteiger charge is 2.03. The number of hydrogen-bond donors (Lipinski definition) is 2. The SMILES string of the molecule is O=C(CNc1ccccc1Cl)NCc1ccc(F)cc1. The number of para-hydroxylation sites is 1. The van der Waals surface area contributed by atoms with Crippen LogP contribution in [0.4, 0.5) is 10.1 Å². The summed E-state index contributed by atoms with van der Waals surface area (Å²) in [6.45, 7) is 0.494. The number of carbonyl (C=O) groups excluding carboxylic acids is 1. The highest BCUT2D eigenvalue weighted by Crippen LogP contribution is 2.19. The lowest BCUT2D eigenvalue weighted by atomic mass is 10.2. The largest absolute Gasteiger partial charge is 0.375 e. The van der Waals surface area contributed by atoms with E-state index in [1.807, 2.05) is 12.1 Å². The van der Waals surface area contributed by atoms with Crippen molar-refractivity contribution in [1.29, 1.82) is 0 Å². The number of anilines is 1. The van der Waals surface area contributed by atoms with Gasteiger partial charge in [0.1, 0.15) is 5.82 Å². The molecule has 0 aliphatic carbocycles. The van der Waals surface area contributed by atoms with Crippen molar-refractivity contribution in [2.24, 2.45) is 0 Å². The molecule has 1 amide bonds. The van der Waals surface area contributed by atoms with Crippen molar-refractivity contribution in [3.05, 3.63) is 64.9 Å². The van der Waals surface area contributed by atoms with E-state index in [9.17, 15) is 9.18 Å². The summed E-state index contributed by atoms with van der Waals surface area (Å²) in [5, 5.41) is 6.26. The molecule has 0 atom stereocenters. The maximum Gasteiger partial charge on any atom is 0.239 e. The van der Waals surface area contributed by atoms with Gasteiger partial charge in [0.15, 0.2) is 0 Å². The molecule has 0 spiro atoms. The average Bonchev–Trinajstić information content (AvgIpc) is 2.46. The van der Waals surface area contributed by atoms with Crippen LogP contribution in [-0.4, -0.2) is 12.5 Å². The van der Waals surface area contributed by atoms with E-state index in [4.69, 9.17) is 11.6 Å². The molecule has 0 radical (unpaired) electrons. The fourth-order valence-corrected chi connectivity index (χ4v) is 1.85. The van der Waals surface area contributed by atoms with Gasteiger partial charge in [-0.3, -0.25) is 4.79 Å². The molecular formula is C15H14ClFN2O. The third-order valence-corrected chi connectivity index (χ3v) is 3.05. The van der Waals surface area contributed by atoms with Crippen LogP contribution in [0.2, 0.25) is 5.02 Å². The molecule has 5 heteroatoms. The Morgan fingerprint density at radius 1 is 1.10 bits per heavy atom. The number of halogens is 2. The van der Waals surface area contributed by atoms with E-state index >= 15 is 0 Å². The molecule has 104 valence electrons. The number of amides is 1. The smallest absolute Gasteiger partial charge is 0.239 e. The maximum absolute atomic E-state index is 12.7. The summed E-state index contributed by atoms with van der Waals surface area (Å²) in [6, 6.07) is 13.2. The lowest BCUT2D eigenvalue weighted by Crippen LogP contribution is -2.29. The minimum absolute atomic E-state index is 0.130. The second-order valence-electron chi connectivity index (χ2n) is 4.24. The molecule has 0 saturated carbocycles. The molecule has 0 saturated heterocycles. The van der Waals surface area contributed by atoms with Crippen molar-refractivity contribution in [3.63, 3.8) is 0 Å². The first-order chi connectivity index (χ1) is 9.65. The quantitative estimate of drug-likeness (QED) is 0.888. The summed E-state index contributed by atoms with van der Waals surface area (Å²) in [4.78, 5) is 11.7. The molecule has 0 heterocycles. The van der Waals surface area contributed by atoms with Crippen molar-refractivity contribution < 1.29 is 9.18 Å². The van der Waals surface area contributed by atoms with E-state index in [2.05, 4.69) is 10.6 Å². The van der Waals surface area contributed by atoms with Crippen LogP contribution in [0, 0.1) is 5.82 Å². The van der Waals surface area contributed by atoms with Gasteiger partial charge < -0.3 is 10.6 Å². The summed E-state index contributed by atoms with van der Waals surface area (Å²) in [5.74, 6) is -0.449. The molecule has 2 N–H and O–H groups in total. The molecule has 0 fully saturated rings. The van der Waals surface area contributed by atoms with Crippen LogP contribution in [0.5, 0.6) is 0 Å². The van der Waals surface area contributed by atoms with E-state index in [1.54, 1.807) is 24.3 Å². The van der Waals surface area contributed by atoms with E-state index in [1.165, 1.54) is 12.1 Å². The van der Waals surface area contributed by atoms with E-state index < -0.39 is 0 Å². The summed E-state index contributed by atoms with van der Waals surface area (Å²) in [7, 11) is 0. The van der Waals surface area contributed by atoms with E-state index in [0.717, 1.165) is 5.56 Å². The molecule has 20 heavy (non-hydrogen) atoms. The fourth-order valence-electron chi connectivity index (χ4n) is 1.65. The molecule has 0 aromatic heterocycles. The number of nitrogens with one attached hydrogen (secondary N) is 2. The van der Waals surface area contributed by atoms with Gasteiger partial charge in [0.05, 0.1) is 17.3 Å². The summed E-state index contributed by atoms with van der Waals surface area (Å²) in [5.41, 5.74) is 1.56. The number of rotatable bonds is 5. The molecule has 2 rings (SSSR count). The van der Waals surface area contributed by atoms with Crippen molar-refractivity contribution in [2.75, 3.05) is 11.9 Å². The second-order valence-corrected chi connectivity index (χ2v) is 4.64. The zero-order valence-electron chi connectivity index (χ0n) is 10.7. The second kappa shape index (κ2) is 6.91. The average molecular weight is 293 g/mol. The van der Waals surface area contributed by atoms with Gasteiger partial charge in [-0.15, -0.1) is 0 Å². The minimum atomic E-state index is -0.291. The predicted octanol–water partition coefficient (Wildman–Crippen LogP) is 3.21. The molecular weight excluding hydrogens is 279 g/mol. The molecule has 2 aromatic rings. The van der Waals surface area contributed by atoms with Gasteiger partial charge in [-0.2, -0.15) is 0 Å². The van der Waals surface area contributed by atoms with E-state index in [0.29, 0.717) is 17.3 Å². The standard InChI is InChI=1S/C15H14ClFN2O/c16-13-3-1-2-4-14(13)18-10-15(20)19-9-11-5-7-12(17)8-6-11/h1-8,18H,9-10H2,(H,19,20). The van der Waals surface area contributed by atoms with Crippen LogP contribution in [0.3, 0.4) is 0 Å². The Hall–Kier alpha value is -2.07. The Labute approximate surface area is 121 Å². The van der Waals surface area contributed by atoms with Gasteiger partial charge in [0, 0.05) is 6.54 Å². The lowest BCUT2D eigenvalue weighted by molar-refractivity contribution is -0.119. The van der Waals surface area contributed by atoms with Gasteiger partial charge in [-0.1, -0.05) is 35.9 Å². The highest BCUT2D eigenvalue weighted by atomic mass is 35.5. The van der Waals surface area contributed by atoms with Crippen molar-refractivity contribution in [3.8, 4) is 0 Å². The first-order valence-electron chi connectivity index (χ1n) is 6.15. The van der Waals surface area contributed by atoms with Gasteiger partial charge in [-0.25, -0.2) is 4.39 Å². The normalized spacial score (nSPS) is 10.1. The summed E-state index contributed by atoms with van der Waals surface area (Å²) >= 11 is 5.97. The Bertz CT molecular complexity index is 587. The third kappa shape index (κ3) is 4.24. The maximum atomic E-state index is 12.7. The monoisotopic (exact) mass is 292 g/mol. The van der Waals surface area contributed by atoms with Crippen molar-refractivity contribution in [2.45, 2.75) is 6.54 Å². The summed E-state index contributed by atoms with van der Waals surface area (Å²) in [6.07, 6.45) is 0. The van der Waals surface area contributed by atoms with Crippen LogP contribution in [0.1, 0.15) is 5.56 Å². The first-order valence-corrected chi connectivity index (χ1v) is 6.52. The summed E-state index contributed by atoms with van der Waals surface area (Å²) < 4.78 is 12.7. The van der Waals surface area contributed by atoms with Crippen LogP contribution in [-0.2, 0) is 11.3 Å². The molecule has 0 aliphatic rings. The zero-order chi connectivity index (χ0) is 14.4. The van der Waals surface area contributed by atoms with Gasteiger partial charge in [0.2, 0.25) is 5.91 Å². The highest BCUT2D eigenvalue weighted by molar-refractivity contribution is 6.33. The fraction of sp³-hybridized carbons (Fsp3) is 0.133. The van der Waals surface area contributed by atoms with Crippen LogP contribution in [0.15, 0.2) is 48.5 Å². The molecule has 0 aliphatic heterocycles. The number of benzene rings is 2. The van der Waals surface area contributed by atoms with E-state index in [-0.39, 0.29) is 18.3 Å². The van der Waals surface area contributed by atoms with Crippen LogP contribution < -0.4 is 10.6 Å². The van der Waals surface area contributed by atoms with Gasteiger partial charge in [-0.05, 0) is 29.8 Å². The van der Waals surface area contributed by atoms with Gasteiger partial charge in [0.25, 0.3) is 0 Å².